The van der Waals surface area contributed by atoms with Gasteiger partial charge in [-0.1, -0.05) is 23.7 Å². The minimum absolute atomic E-state index is 0.0376. The maximum Gasteiger partial charge on any atom is 0.254 e. The summed E-state index contributed by atoms with van der Waals surface area (Å²) in [6.07, 6.45) is 0.664. The van der Waals surface area contributed by atoms with Crippen molar-refractivity contribution in [1.29, 1.82) is 0 Å². The highest BCUT2D eigenvalue weighted by atomic mass is 35.5. The summed E-state index contributed by atoms with van der Waals surface area (Å²) >= 11 is 5.92. The normalized spacial score (nSPS) is 13.9. The van der Waals surface area contributed by atoms with E-state index < -0.39 is 0 Å². The topological polar surface area (TPSA) is 53.2 Å². The molecule has 2 aromatic rings. The molecule has 0 saturated carbocycles. The van der Waals surface area contributed by atoms with Crippen molar-refractivity contribution in [2.75, 3.05) is 6.54 Å². The van der Waals surface area contributed by atoms with Crippen LogP contribution in [0.25, 0.3) is 0 Å². The Morgan fingerprint density at radius 1 is 1.25 bits per heavy atom. The highest BCUT2D eigenvalue weighted by Crippen LogP contribution is 2.19. The van der Waals surface area contributed by atoms with Gasteiger partial charge in [-0.05, 0) is 23.8 Å². The molecule has 0 spiro atoms. The molecule has 5 heteroatoms. The molecule has 1 amide bonds. The first-order chi connectivity index (χ1) is 9.63. The molecule has 1 aromatic carbocycles. The van der Waals surface area contributed by atoms with Gasteiger partial charge in [0.25, 0.3) is 5.91 Å². The van der Waals surface area contributed by atoms with Crippen molar-refractivity contribution in [3.05, 3.63) is 68.6 Å². The third-order valence-electron chi connectivity index (χ3n) is 3.45. The van der Waals surface area contributed by atoms with Crippen molar-refractivity contribution in [2.24, 2.45) is 0 Å². The first-order valence-electron chi connectivity index (χ1n) is 6.39. The molecule has 0 radical (unpaired) electrons. The summed E-state index contributed by atoms with van der Waals surface area (Å²) in [6.45, 7) is 1.11. The molecule has 0 aliphatic carbocycles. The van der Waals surface area contributed by atoms with Gasteiger partial charge in [-0.15, -0.1) is 0 Å². The second-order valence-corrected chi connectivity index (χ2v) is 5.25. The maximum atomic E-state index is 12.4. The van der Waals surface area contributed by atoms with Crippen molar-refractivity contribution in [3.8, 4) is 0 Å². The Kier molecular flexibility index (Phi) is 3.32. The number of nitrogens with one attached hydrogen (secondary N) is 1. The van der Waals surface area contributed by atoms with E-state index in [1.165, 1.54) is 6.07 Å². The highest BCUT2D eigenvalue weighted by molar-refractivity contribution is 6.30. The number of carbonyl (C=O) groups excluding carboxylic acids is 1. The summed E-state index contributed by atoms with van der Waals surface area (Å²) in [4.78, 5) is 28.3. The minimum atomic E-state index is -0.0987. The summed E-state index contributed by atoms with van der Waals surface area (Å²) in [6, 6.07) is 10.2. The summed E-state index contributed by atoms with van der Waals surface area (Å²) in [5.74, 6) is -0.0376. The van der Waals surface area contributed by atoms with Crippen LogP contribution in [0.4, 0.5) is 0 Å². The first-order valence-corrected chi connectivity index (χ1v) is 6.77. The van der Waals surface area contributed by atoms with Crippen LogP contribution in [0.2, 0.25) is 5.02 Å². The van der Waals surface area contributed by atoms with E-state index in [0.29, 0.717) is 30.1 Å². The van der Waals surface area contributed by atoms with Crippen LogP contribution in [0, 0.1) is 0 Å². The molecular formula is C15H13ClN2O2. The molecule has 1 aromatic heterocycles. The Hall–Kier alpha value is -2.07. The molecular weight excluding hydrogens is 276 g/mol. The third kappa shape index (κ3) is 2.47. The fourth-order valence-corrected chi connectivity index (χ4v) is 2.62. The number of benzene rings is 1. The van der Waals surface area contributed by atoms with Gasteiger partial charge in [-0.3, -0.25) is 9.59 Å². The Morgan fingerprint density at radius 3 is 2.90 bits per heavy atom. The quantitative estimate of drug-likeness (QED) is 0.875. The number of fused-ring (bicyclic) bond motifs is 1. The molecule has 1 N–H and O–H groups in total. The number of carbonyl (C=O) groups is 1. The number of hydrogen-bond donors (Lipinski definition) is 1. The number of rotatable bonds is 1. The van der Waals surface area contributed by atoms with Crippen molar-refractivity contribution in [1.82, 2.24) is 9.88 Å². The van der Waals surface area contributed by atoms with Crippen LogP contribution >= 0.6 is 11.6 Å². The molecule has 0 fully saturated rings. The zero-order valence-corrected chi connectivity index (χ0v) is 11.5. The smallest absolute Gasteiger partial charge is 0.254 e. The van der Waals surface area contributed by atoms with Gasteiger partial charge in [0.2, 0.25) is 5.56 Å². The van der Waals surface area contributed by atoms with Gasteiger partial charge in [0.1, 0.15) is 0 Å². The van der Waals surface area contributed by atoms with Crippen molar-refractivity contribution >= 4 is 17.5 Å². The molecule has 1 aliphatic rings. The van der Waals surface area contributed by atoms with E-state index >= 15 is 0 Å². The van der Waals surface area contributed by atoms with E-state index in [-0.39, 0.29) is 11.5 Å². The Morgan fingerprint density at radius 2 is 2.10 bits per heavy atom. The Labute approximate surface area is 121 Å². The molecule has 3 rings (SSSR count). The fraction of sp³-hybridized carbons (Fsp3) is 0.200. The average Bonchev–Trinajstić information content (AvgIpc) is 2.46. The zero-order chi connectivity index (χ0) is 14.1. The van der Waals surface area contributed by atoms with Crippen LogP contribution in [0.15, 0.2) is 41.2 Å². The van der Waals surface area contributed by atoms with Gasteiger partial charge in [-0.25, -0.2) is 0 Å². The number of halogens is 1. The molecule has 20 heavy (non-hydrogen) atoms. The monoisotopic (exact) mass is 288 g/mol. The van der Waals surface area contributed by atoms with Gasteiger partial charge in [0.15, 0.2) is 0 Å². The first kappa shape index (κ1) is 12.9. The van der Waals surface area contributed by atoms with E-state index in [4.69, 9.17) is 11.6 Å². The molecule has 102 valence electrons. The molecule has 1 aliphatic heterocycles. The van der Waals surface area contributed by atoms with Gasteiger partial charge >= 0.3 is 0 Å². The summed E-state index contributed by atoms with van der Waals surface area (Å²) in [5, 5.41) is 0.553. The number of amides is 1. The lowest BCUT2D eigenvalue weighted by Crippen LogP contribution is -2.37. The number of aromatic nitrogens is 1. The Balaban J connectivity index is 1.85. The van der Waals surface area contributed by atoms with Crippen LogP contribution < -0.4 is 5.56 Å². The number of hydrogen-bond acceptors (Lipinski definition) is 2. The third-order valence-corrected chi connectivity index (χ3v) is 3.68. The second kappa shape index (κ2) is 5.13. The maximum absolute atomic E-state index is 12.4. The fourth-order valence-electron chi connectivity index (χ4n) is 2.43. The highest BCUT2D eigenvalue weighted by Gasteiger charge is 2.22. The van der Waals surface area contributed by atoms with E-state index in [0.717, 1.165) is 11.3 Å². The van der Waals surface area contributed by atoms with E-state index in [2.05, 4.69) is 4.98 Å². The SMILES string of the molecule is O=C(c1cccc(Cl)c1)N1CCc2[nH]c(=O)ccc2C1. The summed E-state index contributed by atoms with van der Waals surface area (Å²) in [7, 11) is 0. The standard InChI is InChI=1S/C15H13ClN2O2/c16-12-3-1-2-10(8-12)15(20)18-7-6-13-11(9-18)4-5-14(19)17-13/h1-5,8H,6-7,9H2,(H,17,19). The van der Waals surface area contributed by atoms with Gasteiger partial charge in [-0.2, -0.15) is 0 Å². The van der Waals surface area contributed by atoms with Crippen molar-refractivity contribution in [3.63, 3.8) is 0 Å². The van der Waals surface area contributed by atoms with Gasteiger partial charge in [0.05, 0.1) is 0 Å². The van der Waals surface area contributed by atoms with Crippen LogP contribution in [0.3, 0.4) is 0 Å². The predicted octanol–water partition coefficient (Wildman–Crippen LogP) is 2.23. The average molecular weight is 289 g/mol. The molecule has 0 unspecified atom stereocenters. The molecule has 2 heterocycles. The predicted molar refractivity (Wildman–Crippen MR) is 77.0 cm³/mol. The van der Waals surface area contributed by atoms with Gasteiger partial charge < -0.3 is 9.88 Å². The number of nitrogens with zero attached hydrogens (tertiary/aromatic N) is 1. The van der Waals surface area contributed by atoms with Gasteiger partial charge in [0, 0.05) is 41.9 Å². The van der Waals surface area contributed by atoms with Crippen LogP contribution in [0.1, 0.15) is 21.6 Å². The van der Waals surface area contributed by atoms with Crippen LogP contribution in [-0.2, 0) is 13.0 Å². The lowest BCUT2D eigenvalue weighted by Gasteiger charge is -2.28. The summed E-state index contributed by atoms with van der Waals surface area (Å²) in [5.41, 5.74) is 2.41. The molecule has 0 atom stereocenters. The van der Waals surface area contributed by atoms with Crippen molar-refractivity contribution in [2.45, 2.75) is 13.0 Å². The van der Waals surface area contributed by atoms with E-state index in [1.54, 1.807) is 35.2 Å². The number of aromatic amines is 1. The lowest BCUT2D eigenvalue weighted by molar-refractivity contribution is 0.0733. The second-order valence-electron chi connectivity index (χ2n) is 4.81. The van der Waals surface area contributed by atoms with E-state index in [9.17, 15) is 9.59 Å². The number of H-pyrrole nitrogens is 1. The molecule has 0 saturated heterocycles. The molecule has 0 bridgehead atoms. The molecule has 4 nitrogen and oxygen atoms in total. The largest absolute Gasteiger partial charge is 0.334 e. The zero-order valence-electron chi connectivity index (χ0n) is 10.7. The number of pyridine rings is 1. The van der Waals surface area contributed by atoms with Crippen LogP contribution in [-0.4, -0.2) is 22.3 Å². The summed E-state index contributed by atoms with van der Waals surface area (Å²) < 4.78 is 0. The minimum Gasteiger partial charge on any atom is -0.334 e. The lowest BCUT2D eigenvalue weighted by atomic mass is 10.0. The Bertz CT molecular complexity index is 724. The van der Waals surface area contributed by atoms with Crippen molar-refractivity contribution < 1.29 is 4.79 Å². The van der Waals surface area contributed by atoms with Crippen LogP contribution in [0.5, 0.6) is 0 Å². The van der Waals surface area contributed by atoms with E-state index in [1.807, 2.05) is 0 Å².